The third-order valence-corrected chi connectivity index (χ3v) is 5.63. The average molecular weight is 405 g/mol. The van der Waals surface area contributed by atoms with E-state index >= 15 is 0 Å². The third-order valence-electron chi connectivity index (χ3n) is 5.63. The lowest BCUT2D eigenvalue weighted by molar-refractivity contribution is -0.116. The van der Waals surface area contributed by atoms with E-state index in [1.165, 1.54) is 12.8 Å². The Morgan fingerprint density at radius 3 is 2.47 bits per heavy atom. The highest BCUT2D eigenvalue weighted by atomic mass is 16.1. The van der Waals surface area contributed by atoms with Gasteiger partial charge in [0.1, 0.15) is 0 Å². The van der Waals surface area contributed by atoms with E-state index in [0.29, 0.717) is 18.7 Å². The SMILES string of the molecule is Cc1cccc(NC(=O)CCc2c(C)nn(-c3ccc(N4CCCC4)nn3)c2C)c1. The molecule has 0 radical (unpaired) electrons. The first kappa shape index (κ1) is 20.1. The summed E-state index contributed by atoms with van der Waals surface area (Å²) in [5.74, 6) is 1.63. The molecule has 1 aromatic carbocycles. The van der Waals surface area contributed by atoms with Gasteiger partial charge in [0.25, 0.3) is 0 Å². The second-order valence-electron chi connectivity index (χ2n) is 7.92. The van der Waals surface area contributed by atoms with E-state index in [1.807, 2.05) is 61.9 Å². The van der Waals surface area contributed by atoms with Crippen LogP contribution in [0.3, 0.4) is 0 Å². The van der Waals surface area contributed by atoms with Crippen LogP contribution in [0.1, 0.15) is 41.8 Å². The number of hydrogen-bond donors (Lipinski definition) is 1. The zero-order valence-corrected chi connectivity index (χ0v) is 17.9. The summed E-state index contributed by atoms with van der Waals surface area (Å²) in [4.78, 5) is 14.7. The van der Waals surface area contributed by atoms with Gasteiger partial charge in [0.15, 0.2) is 11.6 Å². The minimum Gasteiger partial charge on any atom is -0.355 e. The van der Waals surface area contributed by atoms with Crippen molar-refractivity contribution in [3.8, 4) is 5.82 Å². The van der Waals surface area contributed by atoms with Gasteiger partial charge >= 0.3 is 0 Å². The van der Waals surface area contributed by atoms with Crippen LogP contribution in [0.2, 0.25) is 0 Å². The van der Waals surface area contributed by atoms with Crippen molar-refractivity contribution in [2.24, 2.45) is 0 Å². The number of carbonyl (C=O) groups is 1. The van der Waals surface area contributed by atoms with E-state index in [9.17, 15) is 4.79 Å². The highest BCUT2D eigenvalue weighted by molar-refractivity contribution is 5.90. The fraction of sp³-hybridized carbons (Fsp3) is 0.391. The topological polar surface area (TPSA) is 75.9 Å². The van der Waals surface area contributed by atoms with Crippen molar-refractivity contribution < 1.29 is 4.79 Å². The molecule has 0 saturated carbocycles. The molecule has 0 unspecified atom stereocenters. The fourth-order valence-electron chi connectivity index (χ4n) is 3.99. The Balaban J connectivity index is 1.43. The molecule has 156 valence electrons. The summed E-state index contributed by atoms with van der Waals surface area (Å²) in [6.07, 6.45) is 3.46. The number of amides is 1. The maximum absolute atomic E-state index is 12.4. The molecule has 0 aliphatic carbocycles. The Kier molecular flexibility index (Phi) is 5.79. The van der Waals surface area contributed by atoms with Crippen molar-refractivity contribution in [3.63, 3.8) is 0 Å². The molecule has 7 nitrogen and oxygen atoms in total. The molecule has 1 amide bonds. The number of hydrogen-bond acceptors (Lipinski definition) is 5. The Hall–Kier alpha value is -3.22. The van der Waals surface area contributed by atoms with E-state index in [0.717, 1.165) is 47.1 Å². The number of carbonyl (C=O) groups excluding carboxylic acids is 1. The zero-order chi connectivity index (χ0) is 21.1. The van der Waals surface area contributed by atoms with Gasteiger partial charge in [0, 0.05) is 30.9 Å². The summed E-state index contributed by atoms with van der Waals surface area (Å²) in [5.41, 5.74) is 4.95. The second-order valence-corrected chi connectivity index (χ2v) is 7.92. The van der Waals surface area contributed by atoms with Crippen molar-refractivity contribution in [1.82, 2.24) is 20.0 Å². The molecule has 1 aliphatic rings. The fourth-order valence-corrected chi connectivity index (χ4v) is 3.99. The predicted molar refractivity (Wildman–Crippen MR) is 118 cm³/mol. The lowest BCUT2D eigenvalue weighted by Crippen LogP contribution is -2.19. The normalized spacial score (nSPS) is 13.6. The van der Waals surface area contributed by atoms with Crippen molar-refractivity contribution in [1.29, 1.82) is 0 Å². The summed E-state index contributed by atoms with van der Waals surface area (Å²) in [6, 6.07) is 11.8. The molecule has 3 aromatic rings. The number of aryl methyl sites for hydroxylation is 2. The lowest BCUT2D eigenvalue weighted by atomic mass is 10.1. The predicted octanol–water partition coefficient (Wildman–Crippen LogP) is 3.76. The van der Waals surface area contributed by atoms with Crippen molar-refractivity contribution >= 4 is 17.4 Å². The Bertz CT molecular complexity index is 1030. The minimum absolute atomic E-state index is 0.00177. The van der Waals surface area contributed by atoms with E-state index in [4.69, 9.17) is 0 Å². The van der Waals surface area contributed by atoms with Crippen LogP contribution in [0.4, 0.5) is 11.5 Å². The summed E-state index contributed by atoms with van der Waals surface area (Å²) < 4.78 is 1.82. The van der Waals surface area contributed by atoms with Gasteiger partial charge in [-0.1, -0.05) is 12.1 Å². The van der Waals surface area contributed by atoms with Gasteiger partial charge in [0.2, 0.25) is 5.91 Å². The number of nitrogens with one attached hydrogen (secondary N) is 1. The van der Waals surface area contributed by atoms with Crippen LogP contribution in [-0.4, -0.2) is 39.0 Å². The highest BCUT2D eigenvalue weighted by Crippen LogP contribution is 2.21. The van der Waals surface area contributed by atoms with Gasteiger partial charge < -0.3 is 10.2 Å². The highest BCUT2D eigenvalue weighted by Gasteiger charge is 2.17. The molecule has 0 atom stereocenters. The molecule has 2 aromatic heterocycles. The molecule has 0 spiro atoms. The van der Waals surface area contributed by atoms with Crippen LogP contribution in [0, 0.1) is 20.8 Å². The van der Waals surface area contributed by atoms with E-state index < -0.39 is 0 Å². The van der Waals surface area contributed by atoms with E-state index in [1.54, 1.807) is 0 Å². The van der Waals surface area contributed by atoms with Crippen molar-refractivity contribution in [3.05, 3.63) is 58.9 Å². The number of nitrogens with zero attached hydrogens (tertiary/aromatic N) is 5. The van der Waals surface area contributed by atoms with Gasteiger partial charge in [-0.25, -0.2) is 4.68 Å². The van der Waals surface area contributed by atoms with Crippen LogP contribution in [0.15, 0.2) is 36.4 Å². The molecule has 30 heavy (non-hydrogen) atoms. The molecule has 0 bridgehead atoms. The molecule has 1 N–H and O–H groups in total. The van der Waals surface area contributed by atoms with Crippen LogP contribution in [0.5, 0.6) is 0 Å². The largest absolute Gasteiger partial charge is 0.355 e. The average Bonchev–Trinajstić information content (AvgIpc) is 3.35. The van der Waals surface area contributed by atoms with E-state index in [2.05, 4.69) is 25.5 Å². The standard InChI is InChI=1S/C23H28N6O/c1-16-7-6-8-19(15-16)24-23(30)12-9-20-17(2)27-29(18(20)3)22-11-10-21(25-26-22)28-13-4-5-14-28/h6-8,10-11,15H,4-5,9,12-14H2,1-3H3,(H,24,30). The zero-order valence-electron chi connectivity index (χ0n) is 17.9. The molecule has 1 fully saturated rings. The van der Waals surface area contributed by atoms with Crippen molar-refractivity contribution in [2.75, 3.05) is 23.3 Å². The summed E-state index contributed by atoms with van der Waals surface area (Å²) >= 11 is 0. The van der Waals surface area contributed by atoms with Crippen LogP contribution < -0.4 is 10.2 Å². The summed E-state index contributed by atoms with van der Waals surface area (Å²) in [5, 5.41) is 16.4. The molecule has 4 rings (SSSR count). The number of benzene rings is 1. The lowest BCUT2D eigenvalue weighted by Gasteiger charge is -2.15. The Morgan fingerprint density at radius 1 is 1.03 bits per heavy atom. The first-order valence-electron chi connectivity index (χ1n) is 10.5. The minimum atomic E-state index is 0.00177. The molecular formula is C23H28N6O. The smallest absolute Gasteiger partial charge is 0.224 e. The van der Waals surface area contributed by atoms with Gasteiger partial charge in [-0.05, 0) is 75.4 Å². The van der Waals surface area contributed by atoms with Gasteiger partial charge in [-0.15, -0.1) is 10.2 Å². The monoisotopic (exact) mass is 404 g/mol. The number of rotatable bonds is 6. The van der Waals surface area contributed by atoms with Crippen LogP contribution in [0.25, 0.3) is 5.82 Å². The molecule has 3 heterocycles. The van der Waals surface area contributed by atoms with E-state index in [-0.39, 0.29) is 5.91 Å². The summed E-state index contributed by atoms with van der Waals surface area (Å²) in [7, 11) is 0. The van der Waals surface area contributed by atoms with Gasteiger partial charge in [-0.2, -0.15) is 5.10 Å². The van der Waals surface area contributed by atoms with Crippen LogP contribution in [-0.2, 0) is 11.2 Å². The molecule has 7 heteroatoms. The van der Waals surface area contributed by atoms with Gasteiger partial charge in [0.05, 0.1) is 5.69 Å². The van der Waals surface area contributed by atoms with Crippen molar-refractivity contribution in [2.45, 2.75) is 46.5 Å². The first-order chi connectivity index (χ1) is 14.5. The molecule has 1 saturated heterocycles. The number of anilines is 2. The maximum Gasteiger partial charge on any atom is 0.224 e. The maximum atomic E-state index is 12.4. The Morgan fingerprint density at radius 2 is 1.77 bits per heavy atom. The second kappa shape index (κ2) is 8.65. The Labute approximate surface area is 177 Å². The molecular weight excluding hydrogens is 376 g/mol. The molecule has 1 aliphatic heterocycles. The first-order valence-corrected chi connectivity index (χ1v) is 10.5. The van der Waals surface area contributed by atoms with Gasteiger partial charge in [-0.3, -0.25) is 4.79 Å². The number of aromatic nitrogens is 4. The third kappa shape index (κ3) is 4.35. The summed E-state index contributed by atoms with van der Waals surface area (Å²) in [6.45, 7) is 8.09. The quantitative estimate of drug-likeness (QED) is 0.677. The van der Waals surface area contributed by atoms with Crippen LogP contribution >= 0.6 is 0 Å².